The lowest BCUT2D eigenvalue weighted by Crippen LogP contribution is -2.32. The summed E-state index contributed by atoms with van der Waals surface area (Å²) in [6.45, 7) is 21.9. The van der Waals surface area contributed by atoms with Crippen molar-refractivity contribution in [2.75, 3.05) is 33.4 Å². The molecule has 0 aliphatic rings. The molecular weight excluding hydrogens is 547 g/mol. The Morgan fingerprint density at radius 3 is 1.93 bits per heavy atom. The molecule has 0 bridgehead atoms. The molecule has 0 unspecified atom stereocenters. The highest BCUT2D eigenvalue weighted by atomic mass is 19.1. The van der Waals surface area contributed by atoms with Gasteiger partial charge in [0, 0.05) is 13.7 Å². The Kier molecular flexibility index (Phi) is 30.2. The fourth-order valence-corrected chi connectivity index (χ4v) is 3.27. The van der Waals surface area contributed by atoms with Crippen LogP contribution in [0.25, 0.3) is 0 Å². The SMILES string of the molecule is C=NC/C(OCc1ccccc1)=C(/C=O)C(=O)N(C)C/C(OCC)=C(\C)Cc1ccc(F)cc1.CC.CC.CC.CCO. The summed E-state index contributed by atoms with van der Waals surface area (Å²) in [7, 11) is 1.59. The highest BCUT2D eigenvalue weighted by Gasteiger charge is 2.22. The van der Waals surface area contributed by atoms with E-state index in [1.54, 1.807) is 26.1 Å². The lowest BCUT2D eigenvalue weighted by Gasteiger charge is -2.22. The fraction of sp³-hybridized carbons (Fsp3) is 0.457. The van der Waals surface area contributed by atoms with E-state index in [0.29, 0.717) is 25.1 Å². The summed E-state index contributed by atoms with van der Waals surface area (Å²) >= 11 is 0. The van der Waals surface area contributed by atoms with Gasteiger partial charge in [0.2, 0.25) is 0 Å². The molecule has 1 amide bonds. The van der Waals surface area contributed by atoms with Crippen LogP contribution in [0.15, 0.2) is 82.3 Å². The quantitative estimate of drug-likeness (QED) is 0.0638. The van der Waals surface area contributed by atoms with Gasteiger partial charge in [0.25, 0.3) is 5.91 Å². The number of rotatable bonds is 13. The maximum atomic E-state index is 13.2. The van der Waals surface area contributed by atoms with E-state index in [0.717, 1.165) is 16.7 Å². The van der Waals surface area contributed by atoms with Gasteiger partial charge in [0.05, 0.1) is 19.7 Å². The fourth-order valence-electron chi connectivity index (χ4n) is 3.27. The molecule has 0 heterocycles. The van der Waals surface area contributed by atoms with Crippen molar-refractivity contribution < 1.29 is 28.6 Å². The summed E-state index contributed by atoms with van der Waals surface area (Å²) in [5.74, 6) is -0.0288. The number of aliphatic imine (C=N–C) groups is 1. The van der Waals surface area contributed by atoms with Crippen LogP contribution in [0, 0.1) is 5.82 Å². The first-order valence-corrected chi connectivity index (χ1v) is 15.0. The molecule has 0 spiro atoms. The first-order valence-electron chi connectivity index (χ1n) is 15.0. The number of likely N-dealkylation sites (N-methyl/N-ethyl adjacent to an activating group) is 1. The van der Waals surface area contributed by atoms with Crippen LogP contribution in [-0.4, -0.2) is 62.3 Å². The van der Waals surface area contributed by atoms with E-state index in [2.05, 4.69) is 11.7 Å². The summed E-state index contributed by atoms with van der Waals surface area (Å²) in [5.41, 5.74) is 2.61. The summed E-state index contributed by atoms with van der Waals surface area (Å²) in [5, 5.41) is 7.57. The molecule has 1 N–H and O–H groups in total. The smallest absolute Gasteiger partial charge is 0.260 e. The second-order valence-electron chi connectivity index (χ2n) is 8.03. The number of nitrogens with zero attached hydrogens (tertiary/aromatic N) is 2. The number of benzene rings is 2. The van der Waals surface area contributed by atoms with Crippen molar-refractivity contribution in [2.45, 2.75) is 75.3 Å². The van der Waals surface area contributed by atoms with Gasteiger partial charge >= 0.3 is 0 Å². The van der Waals surface area contributed by atoms with Gasteiger partial charge in [-0.1, -0.05) is 84.0 Å². The van der Waals surface area contributed by atoms with E-state index >= 15 is 0 Å². The number of halogens is 1. The molecule has 2 aromatic rings. The van der Waals surface area contributed by atoms with E-state index in [1.165, 1.54) is 17.0 Å². The van der Waals surface area contributed by atoms with Crippen molar-refractivity contribution in [3.63, 3.8) is 0 Å². The normalized spacial score (nSPS) is 10.5. The molecule has 242 valence electrons. The number of ether oxygens (including phenoxy) is 2. The number of aliphatic hydroxyl groups is 1. The van der Waals surface area contributed by atoms with Crippen LogP contribution in [-0.2, 0) is 32.1 Å². The third kappa shape index (κ3) is 19.1. The third-order valence-electron chi connectivity index (χ3n) is 5.06. The number of aldehydes is 1. The summed E-state index contributed by atoms with van der Waals surface area (Å²) < 4.78 is 24.8. The Labute approximate surface area is 260 Å². The van der Waals surface area contributed by atoms with Crippen molar-refractivity contribution in [1.29, 1.82) is 0 Å². The van der Waals surface area contributed by atoms with Crippen LogP contribution < -0.4 is 0 Å². The van der Waals surface area contributed by atoms with Gasteiger partial charge in [0.1, 0.15) is 29.5 Å². The molecule has 0 aliphatic carbocycles. The average Bonchev–Trinajstić information content (AvgIpc) is 3.04. The topological polar surface area (TPSA) is 88.4 Å². The van der Waals surface area contributed by atoms with Crippen molar-refractivity contribution in [2.24, 2.45) is 4.99 Å². The van der Waals surface area contributed by atoms with Gasteiger partial charge < -0.3 is 19.5 Å². The van der Waals surface area contributed by atoms with E-state index in [4.69, 9.17) is 14.6 Å². The largest absolute Gasteiger partial charge is 0.496 e. The standard InChI is InChI=1S/C27H31FN2O4.C2H6O.3C2H6/c1-5-33-26(20(2)15-21-11-13-23(28)14-12-21)17-30(4)27(32)24(18-31)25(16-29-3)34-19-22-9-7-6-8-10-22;1-2-3;3*1-2/h6-14,18H,3,5,15-17,19H2,1-2,4H3;3H,2H2,1H3;3*1-2H3/b25-24+,26-20-;;;;. The molecule has 43 heavy (non-hydrogen) atoms. The van der Waals surface area contributed by atoms with Gasteiger partial charge in [-0.15, -0.1) is 0 Å². The van der Waals surface area contributed by atoms with Crippen molar-refractivity contribution in [3.8, 4) is 0 Å². The second kappa shape index (κ2) is 29.7. The number of allylic oxidation sites excluding steroid dienone is 1. The molecule has 0 aromatic heterocycles. The van der Waals surface area contributed by atoms with Gasteiger partial charge in [-0.2, -0.15) is 0 Å². The van der Waals surface area contributed by atoms with E-state index in [-0.39, 0.29) is 43.5 Å². The van der Waals surface area contributed by atoms with Gasteiger partial charge in [-0.25, -0.2) is 4.39 Å². The molecule has 0 saturated heterocycles. The first-order chi connectivity index (χ1) is 20.8. The number of amides is 1. The summed E-state index contributed by atoms with van der Waals surface area (Å²) in [6.07, 6.45) is 1.03. The summed E-state index contributed by atoms with van der Waals surface area (Å²) in [4.78, 5) is 30.2. The van der Waals surface area contributed by atoms with Gasteiger partial charge in [0.15, 0.2) is 6.29 Å². The molecule has 7 nitrogen and oxygen atoms in total. The Bertz CT molecular complexity index is 1050. The molecule has 2 rings (SSSR count). The number of carbonyl (C=O) groups excluding carboxylic acids is 2. The molecule has 2 aromatic carbocycles. The predicted molar refractivity (Wildman–Crippen MR) is 178 cm³/mol. The molecule has 0 fully saturated rings. The maximum absolute atomic E-state index is 13.2. The molecular formula is C35H55FN2O5. The Hall–Kier alpha value is -3.78. The lowest BCUT2D eigenvalue weighted by molar-refractivity contribution is -0.127. The Morgan fingerprint density at radius 2 is 1.47 bits per heavy atom. The molecule has 0 atom stereocenters. The van der Waals surface area contributed by atoms with Crippen molar-refractivity contribution in [3.05, 3.63) is 94.2 Å². The van der Waals surface area contributed by atoms with Crippen molar-refractivity contribution >= 4 is 18.9 Å². The number of carbonyl (C=O) groups is 2. The van der Waals surface area contributed by atoms with Crippen molar-refractivity contribution in [1.82, 2.24) is 4.90 Å². The van der Waals surface area contributed by atoms with Gasteiger partial charge in [-0.05, 0) is 62.7 Å². The van der Waals surface area contributed by atoms with Crippen LogP contribution in [0.5, 0.6) is 0 Å². The average molecular weight is 603 g/mol. The minimum Gasteiger partial charge on any atom is -0.496 e. The van der Waals surface area contributed by atoms with Crippen LogP contribution in [0.3, 0.4) is 0 Å². The predicted octanol–water partition coefficient (Wildman–Crippen LogP) is 7.58. The Balaban J connectivity index is -0.00000160. The van der Waals surface area contributed by atoms with Crippen LogP contribution in [0.1, 0.15) is 73.4 Å². The zero-order valence-corrected chi connectivity index (χ0v) is 28.1. The highest BCUT2D eigenvalue weighted by molar-refractivity contribution is 6.11. The second-order valence-corrected chi connectivity index (χ2v) is 8.03. The number of aliphatic hydroxyl groups excluding tert-OH is 1. The minimum atomic E-state index is -0.506. The third-order valence-corrected chi connectivity index (χ3v) is 5.06. The molecule has 0 saturated carbocycles. The van der Waals surface area contributed by atoms with E-state index in [9.17, 15) is 14.0 Å². The molecule has 8 heteroatoms. The van der Waals surface area contributed by atoms with Crippen LogP contribution in [0.2, 0.25) is 0 Å². The minimum absolute atomic E-state index is 0.00175. The van der Waals surface area contributed by atoms with Gasteiger partial charge in [-0.3, -0.25) is 14.6 Å². The number of hydrogen-bond donors (Lipinski definition) is 1. The van der Waals surface area contributed by atoms with Crippen LogP contribution >= 0.6 is 0 Å². The zero-order valence-electron chi connectivity index (χ0n) is 28.1. The van der Waals surface area contributed by atoms with E-state index in [1.807, 2.05) is 85.7 Å². The first kappa shape index (κ1) is 43.7. The highest BCUT2D eigenvalue weighted by Crippen LogP contribution is 2.17. The Morgan fingerprint density at radius 1 is 0.930 bits per heavy atom. The summed E-state index contributed by atoms with van der Waals surface area (Å²) in [6, 6.07) is 15.7. The van der Waals surface area contributed by atoms with Crippen LogP contribution in [0.4, 0.5) is 4.39 Å². The lowest BCUT2D eigenvalue weighted by atomic mass is 10.0. The zero-order chi connectivity index (χ0) is 33.6. The van der Waals surface area contributed by atoms with E-state index < -0.39 is 5.91 Å². The monoisotopic (exact) mass is 602 g/mol. The molecule has 0 radical (unpaired) electrons. The number of hydrogen-bond acceptors (Lipinski definition) is 6. The maximum Gasteiger partial charge on any atom is 0.260 e. The molecule has 0 aliphatic heterocycles.